The van der Waals surface area contributed by atoms with Crippen molar-refractivity contribution in [3.63, 3.8) is 0 Å². The van der Waals surface area contributed by atoms with Crippen molar-refractivity contribution >= 4 is 69.0 Å². The molecule has 0 saturated carbocycles. The third-order valence-corrected chi connectivity index (χ3v) is 15.5. The van der Waals surface area contributed by atoms with Gasteiger partial charge in [-0.15, -0.1) is 0 Å². The number of fused-ring (bicyclic) bond motifs is 8. The molecule has 0 fully saturated rings. The molecular formula is C68H77IN4. The van der Waals surface area contributed by atoms with Crippen LogP contribution in [0, 0.1) is 3.57 Å². The van der Waals surface area contributed by atoms with Gasteiger partial charge < -0.3 is 9.97 Å². The van der Waals surface area contributed by atoms with Gasteiger partial charge in [0.2, 0.25) is 0 Å². The van der Waals surface area contributed by atoms with Crippen molar-refractivity contribution in [2.24, 2.45) is 0 Å². The van der Waals surface area contributed by atoms with Gasteiger partial charge >= 0.3 is 0 Å². The number of halogens is 1. The lowest BCUT2D eigenvalue weighted by atomic mass is 9.78. The van der Waals surface area contributed by atoms with Gasteiger partial charge in [0.05, 0.1) is 22.8 Å². The summed E-state index contributed by atoms with van der Waals surface area (Å²) in [6.45, 7) is 41.7. The van der Waals surface area contributed by atoms with Crippen LogP contribution in [-0.2, 0) is 32.5 Å². The van der Waals surface area contributed by atoms with Crippen molar-refractivity contribution in [1.29, 1.82) is 0 Å². The van der Waals surface area contributed by atoms with Gasteiger partial charge in [-0.05, 0) is 171 Å². The maximum atomic E-state index is 5.80. The van der Waals surface area contributed by atoms with E-state index in [1.807, 2.05) is 0 Å². The van der Waals surface area contributed by atoms with Gasteiger partial charge in [-0.25, -0.2) is 9.97 Å². The van der Waals surface area contributed by atoms with Crippen molar-refractivity contribution in [3.8, 4) is 44.5 Å². The second-order valence-electron chi connectivity index (χ2n) is 26.9. The van der Waals surface area contributed by atoms with Crippen LogP contribution in [0.1, 0.15) is 181 Å². The van der Waals surface area contributed by atoms with Gasteiger partial charge in [-0.3, -0.25) is 0 Å². The number of aromatic amines is 2. The average molecular weight is 1080 g/mol. The van der Waals surface area contributed by atoms with Crippen LogP contribution in [0.5, 0.6) is 0 Å². The normalized spacial score (nSPS) is 13.6. The van der Waals surface area contributed by atoms with Gasteiger partial charge in [0.1, 0.15) is 0 Å². The lowest BCUT2D eigenvalue weighted by Crippen LogP contribution is -2.16. The smallest absolute Gasteiger partial charge is 0.0737 e. The summed E-state index contributed by atoms with van der Waals surface area (Å²) >= 11 is 2.40. The van der Waals surface area contributed by atoms with Crippen LogP contribution < -0.4 is 0 Å². The predicted molar refractivity (Wildman–Crippen MR) is 326 cm³/mol. The molecule has 0 aliphatic carbocycles. The van der Waals surface area contributed by atoms with Gasteiger partial charge in [-0.1, -0.05) is 191 Å². The SMILES string of the molecule is CC(C)(C)c1cc(-c2c3nc(c(-c4cc(C(C)(C)C)cc(C(C)(C)C)c4)c4ccc([nH]4)c(-c4cc(C(C)(C)C)cc(C(C)(C)C)c4)c4nc(c(-c5ccc(I)cc5)c5ccc2[nH]5)C=C4)C=C3)cc(C(C)(C)C)c1. The van der Waals surface area contributed by atoms with Crippen LogP contribution in [0.4, 0.5) is 0 Å². The Kier molecular flexibility index (Phi) is 13.0. The van der Waals surface area contributed by atoms with E-state index in [-0.39, 0.29) is 32.5 Å². The van der Waals surface area contributed by atoms with Gasteiger partial charge in [-0.2, -0.15) is 0 Å². The quantitative estimate of drug-likeness (QED) is 0.173. The minimum Gasteiger partial charge on any atom is -0.354 e. The standard InChI is InChI=1S/C68H77IN4/c1-63(2,3)44-31-41(32-45(37-44)64(4,5)6)60-53-25-23-51(70-53)59(40-19-21-50(69)22-20-40)52-24-26-54(71-52)61(42-33-46(65(7,8)9)38-47(34-42)66(10,11)12)56-28-30-58(73-56)62(57-29-27-55(60)72-57)43-35-48(67(13,14)15)39-49(36-43)68(16,17)18/h19-39,70,73H,1-18H3. The molecule has 0 atom stereocenters. The average Bonchev–Trinajstić information content (AvgIpc) is 4.13. The van der Waals surface area contributed by atoms with Gasteiger partial charge in [0.25, 0.3) is 0 Å². The van der Waals surface area contributed by atoms with Crippen LogP contribution in [-0.4, -0.2) is 19.9 Å². The molecule has 2 aliphatic heterocycles. The molecule has 0 spiro atoms. The number of hydrogen-bond acceptors (Lipinski definition) is 2. The first-order valence-corrected chi connectivity index (χ1v) is 27.3. The summed E-state index contributed by atoms with van der Waals surface area (Å²) in [6.07, 6.45) is 8.92. The maximum absolute atomic E-state index is 5.80. The van der Waals surface area contributed by atoms with Crippen LogP contribution in [0.15, 0.2) is 103 Å². The van der Waals surface area contributed by atoms with E-state index >= 15 is 0 Å². The minimum absolute atomic E-state index is 0.0827. The van der Waals surface area contributed by atoms with Crippen LogP contribution in [0.2, 0.25) is 0 Å². The lowest BCUT2D eigenvalue weighted by molar-refractivity contribution is 0.568. The van der Waals surface area contributed by atoms with E-state index in [4.69, 9.17) is 9.97 Å². The van der Waals surface area contributed by atoms with Gasteiger partial charge in [0, 0.05) is 47.9 Å². The lowest BCUT2D eigenvalue weighted by Gasteiger charge is -2.26. The first-order valence-electron chi connectivity index (χ1n) is 26.2. The highest BCUT2D eigenvalue weighted by molar-refractivity contribution is 14.1. The van der Waals surface area contributed by atoms with Crippen LogP contribution in [0.3, 0.4) is 0 Å². The number of benzene rings is 4. The van der Waals surface area contributed by atoms with E-state index in [1.165, 1.54) is 37.0 Å². The fourth-order valence-corrected chi connectivity index (χ4v) is 10.3. The molecule has 0 radical (unpaired) electrons. The topological polar surface area (TPSA) is 57.4 Å². The molecule has 9 rings (SSSR count). The Morgan fingerprint density at radius 3 is 0.726 bits per heavy atom. The van der Waals surface area contributed by atoms with Crippen molar-refractivity contribution < 1.29 is 0 Å². The Hall–Kier alpha value is -5.79. The Morgan fingerprint density at radius 2 is 0.507 bits per heavy atom. The third-order valence-electron chi connectivity index (χ3n) is 14.7. The highest BCUT2D eigenvalue weighted by atomic mass is 127. The maximum Gasteiger partial charge on any atom is 0.0737 e. The number of rotatable bonds is 4. The molecule has 73 heavy (non-hydrogen) atoms. The van der Waals surface area contributed by atoms with E-state index in [9.17, 15) is 0 Å². The van der Waals surface area contributed by atoms with Crippen molar-refractivity contribution in [2.45, 2.75) is 157 Å². The Labute approximate surface area is 450 Å². The summed E-state index contributed by atoms with van der Waals surface area (Å²) in [5, 5.41) is 0. The molecule has 5 heterocycles. The molecular weight excluding hydrogens is 1000 g/mol. The fourth-order valence-electron chi connectivity index (χ4n) is 9.95. The zero-order valence-electron chi connectivity index (χ0n) is 46.9. The van der Waals surface area contributed by atoms with E-state index in [1.54, 1.807) is 0 Å². The number of H-pyrrole nitrogens is 2. The molecule has 4 nitrogen and oxygen atoms in total. The summed E-state index contributed by atoms with van der Waals surface area (Å²) in [4.78, 5) is 19.6. The summed E-state index contributed by atoms with van der Waals surface area (Å²) in [5.41, 5.74) is 23.7. The highest BCUT2D eigenvalue weighted by Gasteiger charge is 2.28. The summed E-state index contributed by atoms with van der Waals surface area (Å²) in [5.74, 6) is 0. The van der Waals surface area contributed by atoms with Crippen molar-refractivity contribution in [3.05, 3.63) is 163 Å². The van der Waals surface area contributed by atoms with Crippen LogP contribution >= 0.6 is 22.6 Å². The molecule has 0 saturated heterocycles. The number of nitrogens with one attached hydrogen (secondary N) is 2. The first-order chi connectivity index (χ1) is 33.8. The summed E-state index contributed by atoms with van der Waals surface area (Å²) in [7, 11) is 0. The molecule has 4 aromatic carbocycles. The van der Waals surface area contributed by atoms with E-state index in [0.29, 0.717) is 0 Å². The van der Waals surface area contributed by atoms with Crippen LogP contribution in [0.25, 0.3) is 90.9 Å². The predicted octanol–water partition coefficient (Wildman–Crippen LogP) is 19.7. The van der Waals surface area contributed by atoms with E-state index in [2.05, 4.69) is 285 Å². The second-order valence-corrected chi connectivity index (χ2v) is 28.2. The number of nitrogens with zero attached hydrogens (tertiary/aromatic N) is 2. The number of aromatic nitrogens is 4. The minimum atomic E-state index is -0.0888. The Bertz CT molecular complexity index is 3380. The molecule has 376 valence electrons. The first kappa shape index (κ1) is 52.1. The summed E-state index contributed by atoms with van der Waals surface area (Å²) < 4.78 is 1.18. The Morgan fingerprint density at radius 1 is 0.288 bits per heavy atom. The molecule has 3 aromatic heterocycles. The fraction of sp³-hybridized carbons (Fsp3) is 0.353. The number of hydrogen-bond donors (Lipinski definition) is 2. The molecule has 0 amide bonds. The highest BCUT2D eigenvalue weighted by Crippen LogP contribution is 2.44. The van der Waals surface area contributed by atoms with Crippen molar-refractivity contribution in [2.75, 3.05) is 0 Å². The third kappa shape index (κ3) is 10.6. The second kappa shape index (κ2) is 18.2. The molecule has 7 aromatic rings. The molecule has 8 bridgehead atoms. The Balaban J connectivity index is 1.53. The van der Waals surface area contributed by atoms with E-state index < -0.39 is 0 Å². The molecule has 5 heteroatoms. The molecule has 2 N–H and O–H groups in total. The van der Waals surface area contributed by atoms with Crippen molar-refractivity contribution in [1.82, 2.24) is 19.9 Å². The van der Waals surface area contributed by atoms with E-state index in [0.717, 1.165) is 89.4 Å². The molecule has 0 unspecified atom stereocenters. The zero-order valence-corrected chi connectivity index (χ0v) is 49.1. The molecule has 2 aliphatic rings. The largest absolute Gasteiger partial charge is 0.354 e. The van der Waals surface area contributed by atoms with Gasteiger partial charge in [0.15, 0.2) is 0 Å². The zero-order chi connectivity index (χ0) is 53.0. The monoisotopic (exact) mass is 1080 g/mol. The summed E-state index contributed by atoms with van der Waals surface area (Å²) in [6, 6.07) is 39.5.